The molecule has 0 spiro atoms. The summed E-state index contributed by atoms with van der Waals surface area (Å²) in [6.45, 7) is 9.36. The van der Waals surface area contributed by atoms with Gasteiger partial charge < -0.3 is 14.4 Å². The van der Waals surface area contributed by atoms with Crippen LogP contribution in [-0.4, -0.2) is 23.4 Å². The number of phenols is 1. The number of benzene rings is 1. The van der Waals surface area contributed by atoms with Crippen molar-refractivity contribution in [2.24, 2.45) is 0 Å². The lowest BCUT2D eigenvalue weighted by Crippen LogP contribution is -2.41. The predicted molar refractivity (Wildman–Crippen MR) is 82.5 cm³/mol. The van der Waals surface area contributed by atoms with Crippen molar-refractivity contribution in [2.45, 2.75) is 52.2 Å². The van der Waals surface area contributed by atoms with Crippen LogP contribution in [0.15, 0.2) is 30.0 Å². The number of allylic oxidation sites excluding steroid dienone is 1. The van der Waals surface area contributed by atoms with Crippen molar-refractivity contribution in [3.63, 3.8) is 0 Å². The minimum absolute atomic E-state index is 0.0565. The van der Waals surface area contributed by atoms with Gasteiger partial charge in [0.05, 0.1) is 11.2 Å². The Labute approximate surface area is 125 Å². The van der Waals surface area contributed by atoms with E-state index in [0.717, 1.165) is 0 Å². The number of hydrogen-bond donors (Lipinski definition) is 1. The van der Waals surface area contributed by atoms with Gasteiger partial charge in [-0.15, -0.1) is 0 Å². The van der Waals surface area contributed by atoms with Gasteiger partial charge in [0, 0.05) is 5.56 Å². The van der Waals surface area contributed by atoms with Crippen LogP contribution in [0.25, 0.3) is 5.57 Å². The first-order chi connectivity index (χ1) is 9.69. The summed E-state index contributed by atoms with van der Waals surface area (Å²) >= 11 is 0. The molecule has 114 valence electrons. The zero-order valence-electron chi connectivity index (χ0n) is 13.2. The van der Waals surface area contributed by atoms with Crippen LogP contribution in [-0.2, 0) is 9.31 Å². The van der Waals surface area contributed by atoms with E-state index in [0.29, 0.717) is 17.6 Å². The van der Waals surface area contributed by atoms with Crippen molar-refractivity contribution in [3.8, 4) is 5.75 Å². The molecule has 3 nitrogen and oxygen atoms in total. The average Bonchev–Trinajstić information content (AvgIpc) is 2.61. The van der Waals surface area contributed by atoms with Crippen molar-refractivity contribution >= 4 is 12.7 Å². The summed E-state index contributed by atoms with van der Waals surface area (Å²) in [6, 6.07) is 6.71. The largest absolute Gasteiger partial charge is 0.525 e. The summed E-state index contributed by atoms with van der Waals surface area (Å²) in [5, 5.41) is 9.93. The fraction of sp³-hybridized carbons (Fsp3) is 0.500. The Morgan fingerprint density at radius 3 is 2.14 bits per heavy atom. The summed E-state index contributed by atoms with van der Waals surface area (Å²) in [5.41, 5.74) is -0.768. The first-order valence-electron chi connectivity index (χ1n) is 7.22. The maximum atomic E-state index is 14.8. The quantitative estimate of drug-likeness (QED) is 0.852. The van der Waals surface area contributed by atoms with Gasteiger partial charge in [-0.25, -0.2) is 4.39 Å². The minimum Gasteiger partial charge on any atom is -0.507 e. The van der Waals surface area contributed by atoms with E-state index in [1.165, 1.54) is 0 Å². The molecule has 2 rings (SSSR count). The van der Waals surface area contributed by atoms with Gasteiger partial charge in [0.2, 0.25) is 0 Å². The number of aromatic hydroxyl groups is 1. The maximum Gasteiger partial charge on any atom is 0.525 e. The molecular formula is C16H22BFO3. The summed E-state index contributed by atoms with van der Waals surface area (Å²) in [7, 11) is -1.04. The predicted octanol–water partition coefficient (Wildman–Crippen LogP) is 4.11. The Balaban J connectivity index is 2.41. The zero-order valence-corrected chi connectivity index (χ0v) is 13.2. The molecule has 0 saturated carbocycles. The van der Waals surface area contributed by atoms with Crippen LogP contribution in [0.4, 0.5) is 4.39 Å². The van der Waals surface area contributed by atoms with Crippen LogP contribution < -0.4 is 0 Å². The molecule has 5 heteroatoms. The van der Waals surface area contributed by atoms with E-state index in [1.807, 2.05) is 34.6 Å². The minimum atomic E-state index is -1.04. The first kappa shape index (κ1) is 16.1. The van der Waals surface area contributed by atoms with Gasteiger partial charge in [-0.2, -0.15) is 0 Å². The standard InChI is InChI=1S/C16H22BFO3/c1-6-11(12-9-7-8-10-13(12)19)14(18)17-20-15(2,3)16(4,5)21-17/h7-10,19H,6H2,1-5H3. The molecule has 1 aliphatic heterocycles. The van der Waals surface area contributed by atoms with Crippen LogP contribution in [0, 0.1) is 0 Å². The van der Waals surface area contributed by atoms with Crippen LogP contribution in [0.3, 0.4) is 0 Å². The average molecular weight is 292 g/mol. The van der Waals surface area contributed by atoms with E-state index in [4.69, 9.17) is 9.31 Å². The molecule has 1 heterocycles. The highest BCUT2D eigenvalue weighted by molar-refractivity contribution is 6.55. The molecule has 0 radical (unpaired) electrons. The van der Waals surface area contributed by atoms with Crippen molar-refractivity contribution in [1.82, 2.24) is 0 Å². The van der Waals surface area contributed by atoms with E-state index in [1.54, 1.807) is 24.3 Å². The van der Waals surface area contributed by atoms with Gasteiger partial charge in [0.25, 0.3) is 0 Å². The molecule has 0 bridgehead atoms. The van der Waals surface area contributed by atoms with Crippen molar-refractivity contribution in [2.75, 3.05) is 0 Å². The van der Waals surface area contributed by atoms with E-state index >= 15 is 0 Å². The lowest BCUT2D eigenvalue weighted by molar-refractivity contribution is 0.00578. The van der Waals surface area contributed by atoms with Gasteiger partial charge in [-0.1, -0.05) is 25.1 Å². The Morgan fingerprint density at radius 2 is 1.67 bits per heavy atom. The molecule has 0 atom stereocenters. The van der Waals surface area contributed by atoms with E-state index < -0.39 is 24.0 Å². The molecule has 0 aliphatic carbocycles. The molecule has 0 amide bonds. The molecule has 0 unspecified atom stereocenters. The van der Waals surface area contributed by atoms with Crippen LogP contribution in [0.1, 0.15) is 46.6 Å². The molecule has 1 aromatic carbocycles. The van der Waals surface area contributed by atoms with Crippen LogP contribution >= 0.6 is 0 Å². The number of rotatable bonds is 3. The SMILES string of the molecule is CCC(=C(F)B1OC(C)(C)C(C)(C)O1)c1ccccc1O. The van der Waals surface area contributed by atoms with E-state index in [9.17, 15) is 9.50 Å². The molecule has 1 aromatic rings. The normalized spacial score (nSPS) is 21.3. The zero-order chi connectivity index (χ0) is 15.8. The maximum absolute atomic E-state index is 14.8. The monoisotopic (exact) mass is 292 g/mol. The molecule has 1 aliphatic rings. The van der Waals surface area contributed by atoms with Gasteiger partial charge in [-0.05, 0) is 45.8 Å². The van der Waals surface area contributed by atoms with Gasteiger partial charge in [-0.3, -0.25) is 0 Å². The fourth-order valence-electron chi connectivity index (χ4n) is 2.31. The molecule has 0 aromatic heterocycles. The Morgan fingerprint density at radius 1 is 1.14 bits per heavy atom. The molecule has 1 N–H and O–H groups in total. The molecule has 1 fully saturated rings. The number of hydrogen-bond acceptors (Lipinski definition) is 3. The summed E-state index contributed by atoms with van der Waals surface area (Å²) in [4.78, 5) is 0. The summed E-state index contributed by atoms with van der Waals surface area (Å²) in [5.74, 6) is 0.0565. The number of phenolic OH excluding ortho intramolecular Hbond substituents is 1. The first-order valence-corrected chi connectivity index (χ1v) is 7.22. The smallest absolute Gasteiger partial charge is 0.507 e. The second-order valence-electron chi connectivity index (χ2n) is 6.29. The lowest BCUT2D eigenvalue weighted by atomic mass is 9.82. The van der Waals surface area contributed by atoms with Gasteiger partial charge >= 0.3 is 7.12 Å². The lowest BCUT2D eigenvalue weighted by Gasteiger charge is -2.32. The highest BCUT2D eigenvalue weighted by atomic mass is 19.1. The Bertz CT molecular complexity index is 550. The number of para-hydroxylation sites is 1. The Kier molecular flexibility index (Phi) is 4.18. The molecule has 21 heavy (non-hydrogen) atoms. The van der Waals surface area contributed by atoms with E-state index in [-0.39, 0.29) is 5.75 Å². The fourth-order valence-corrected chi connectivity index (χ4v) is 2.31. The third kappa shape index (κ3) is 2.85. The van der Waals surface area contributed by atoms with Crippen molar-refractivity contribution in [3.05, 3.63) is 35.6 Å². The highest BCUT2D eigenvalue weighted by Gasteiger charge is 2.53. The van der Waals surface area contributed by atoms with Crippen LogP contribution in [0.5, 0.6) is 5.75 Å². The third-order valence-corrected chi connectivity index (χ3v) is 4.33. The number of halogens is 1. The highest BCUT2D eigenvalue weighted by Crippen LogP contribution is 2.41. The van der Waals surface area contributed by atoms with Crippen molar-refractivity contribution in [1.29, 1.82) is 0 Å². The summed E-state index contributed by atoms with van der Waals surface area (Å²) in [6.07, 6.45) is 0.438. The van der Waals surface area contributed by atoms with Gasteiger partial charge in [0.1, 0.15) is 11.5 Å². The second-order valence-corrected chi connectivity index (χ2v) is 6.29. The molecular weight excluding hydrogens is 270 g/mol. The van der Waals surface area contributed by atoms with E-state index in [2.05, 4.69) is 0 Å². The van der Waals surface area contributed by atoms with Crippen LogP contribution in [0.2, 0.25) is 0 Å². The topological polar surface area (TPSA) is 38.7 Å². The Hall–Kier alpha value is -1.33. The second kappa shape index (κ2) is 5.46. The van der Waals surface area contributed by atoms with Crippen molar-refractivity contribution < 1.29 is 18.8 Å². The van der Waals surface area contributed by atoms with Gasteiger partial charge in [0.15, 0.2) is 0 Å². The summed E-state index contributed by atoms with van der Waals surface area (Å²) < 4.78 is 26.3. The molecule has 1 saturated heterocycles. The third-order valence-electron chi connectivity index (χ3n) is 4.33.